The van der Waals surface area contributed by atoms with Crippen molar-refractivity contribution in [2.24, 2.45) is 5.92 Å². The predicted molar refractivity (Wildman–Crippen MR) is 126 cm³/mol. The fourth-order valence-electron chi connectivity index (χ4n) is 4.27. The summed E-state index contributed by atoms with van der Waals surface area (Å²) in [5.41, 5.74) is 2.25. The van der Waals surface area contributed by atoms with Gasteiger partial charge in [0.05, 0.1) is 5.92 Å². The number of carbonyl (C=O) groups excluding carboxylic acids is 2. The number of hydrogen-bond acceptors (Lipinski definition) is 4. The molecule has 2 heterocycles. The molecule has 0 unspecified atom stereocenters. The molecule has 3 aromatic rings. The number of aryl methyl sites for hydroxylation is 1. The number of nitrogens with zero attached hydrogens (tertiary/aromatic N) is 2. The number of anilines is 1. The molecule has 1 aromatic heterocycles. The Morgan fingerprint density at radius 3 is 2.56 bits per heavy atom. The van der Waals surface area contributed by atoms with Crippen molar-refractivity contribution in [3.63, 3.8) is 0 Å². The van der Waals surface area contributed by atoms with Gasteiger partial charge in [-0.2, -0.15) is 0 Å². The van der Waals surface area contributed by atoms with Crippen LogP contribution in [0.4, 0.5) is 10.5 Å². The first kappa shape index (κ1) is 21.8. The number of benzene rings is 2. The summed E-state index contributed by atoms with van der Waals surface area (Å²) in [5.74, 6) is -0.600. The standard InChI is InChI=1S/C26H29N3O3/c1-17-12-19-14-27-11-10-20(19)23(13-17)28-24(30)22-16-29(25(31)32-26(2,3)4)15-21(22)18-8-6-5-7-9-18/h5-14,21-22H,15-16H2,1-4H3,(H,28,30)/t21-,22+/m0/s1. The van der Waals surface area contributed by atoms with Crippen molar-refractivity contribution in [1.82, 2.24) is 9.88 Å². The summed E-state index contributed by atoms with van der Waals surface area (Å²) in [6.07, 6.45) is 3.13. The molecule has 6 nitrogen and oxygen atoms in total. The molecule has 1 aliphatic rings. The lowest BCUT2D eigenvalue weighted by atomic mass is 9.88. The summed E-state index contributed by atoms with van der Waals surface area (Å²) in [5, 5.41) is 5.05. The Morgan fingerprint density at radius 2 is 1.84 bits per heavy atom. The number of pyridine rings is 1. The predicted octanol–water partition coefficient (Wildman–Crippen LogP) is 5.13. The van der Waals surface area contributed by atoms with E-state index in [0.717, 1.165) is 27.6 Å². The molecule has 0 spiro atoms. The maximum absolute atomic E-state index is 13.5. The Labute approximate surface area is 188 Å². The highest BCUT2D eigenvalue weighted by Crippen LogP contribution is 2.35. The highest BCUT2D eigenvalue weighted by molar-refractivity contribution is 6.03. The molecule has 0 aliphatic carbocycles. The number of carbonyl (C=O) groups is 2. The molecule has 2 atom stereocenters. The largest absolute Gasteiger partial charge is 0.444 e. The van der Waals surface area contributed by atoms with E-state index in [4.69, 9.17) is 4.74 Å². The van der Waals surface area contributed by atoms with E-state index in [0.29, 0.717) is 13.1 Å². The Balaban J connectivity index is 1.62. The van der Waals surface area contributed by atoms with Crippen LogP contribution in [-0.4, -0.2) is 40.6 Å². The lowest BCUT2D eigenvalue weighted by molar-refractivity contribution is -0.119. The van der Waals surface area contributed by atoms with E-state index < -0.39 is 5.60 Å². The Hall–Kier alpha value is -3.41. The molecule has 1 aliphatic heterocycles. The minimum atomic E-state index is -0.589. The van der Waals surface area contributed by atoms with Gasteiger partial charge >= 0.3 is 6.09 Å². The maximum Gasteiger partial charge on any atom is 0.410 e. The normalized spacial score (nSPS) is 18.6. The first-order valence-corrected chi connectivity index (χ1v) is 10.9. The van der Waals surface area contributed by atoms with E-state index in [1.54, 1.807) is 17.3 Å². The molecule has 2 amide bonds. The van der Waals surface area contributed by atoms with E-state index in [-0.39, 0.29) is 23.8 Å². The molecule has 1 fully saturated rings. The quantitative estimate of drug-likeness (QED) is 0.624. The minimum absolute atomic E-state index is 0.103. The summed E-state index contributed by atoms with van der Waals surface area (Å²) in [6.45, 7) is 8.28. The SMILES string of the molecule is Cc1cc(NC(=O)[C@@H]2CN(C(=O)OC(C)(C)C)C[C@H]2c2ccccc2)c2ccncc2c1. The van der Waals surface area contributed by atoms with E-state index in [2.05, 4.69) is 10.3 Å². The third kappa shape index (κ3) is 4.74. The van der Waals surface area contributed by atoms with Gasteiger partial charge in [-0.05, 0) is 57.0 Å². The van der Waals surface area contributed by atoms with Crippen molar-refractivity contribution in [3.8, 4) is 0 Å². The molecular formula is C26H29N3O3. The van der Waals surface area contributed by atoms with Crippen LogP contribution in [-0.2, 0) is 9.53 Å². The third-order valence-electron chi connectivity index (χ3n) is 5.69. The molecule has 1 N–H and O–H groups in total. The molecular weight excluding hydrogens is 402 g/mol. The number of likely N-dealkylation sites (tertiary alicyclic amines) is 1. The maximum atomic E-state index is 13.5. The second-order valence-corrected chi connectivity index (χ2v) is 9.41. The van der Waals surface area contributed by atoms with Crippen molar-refractivity contribution >= 4 is 28.5 Å². The van der Waals surface area contributed by atoms with Crippen LogP contribution in [0.15, 0.2) is 60.9 Å². The molecule has 0 bridgehead atoms. The van der Waals surface area contributed by atoms with Crippen LogP contribution in [0, 0.1) is 12.8 Å². The van der Waals surface area contributed by atoms with E-state index in [9.17, 15) is 9.59 Å². The van der Waals surface area contributed by atoms with Crippen LogP contribution in [0.3, 0.4) is 0 Å². The zero-order valence-electron chi connectivity index (χ0n) is 19.0. The topological polar surface area (TPSA) is 71.5 Å². The number of aromatic nitrogens is 1. The van der Waals surface area contributed by atoms with E-state index in [1.165, 1.54) is 0 Å². The fraction of sp³-hybridized carbons (Fsp3) is 0.346. The summed E-state index contributed by atoms with van der Waals surface area (Å²) in [6, 6.07) is 15.8. The van der Waals surface area contributed by atoms with Gasteiger partial charge in [-0.25, -0.2) is 4.79 Å². The van der Waals surface area contributed by atoms with Crippen molar-refractivity contribution in [2.45, 2.75) is 39.2 Å². The van der Waals surface area contributed by atoms with Gasteiger partial charge in [-0.3, -0.25) is 9.78 Å². The Morgan fingerprint density at radius 1 is 1.09 bits per heavy atom. The van der Waals surface area contributed by atoms with Gasteiger partial charge in [0.15, 0.2) is 0 Å². The zero-order valence-corrected chi connectivity index (χ0v) is 19.0. The number of ether oxygens (including phenoxy) is 1. The van der Waals surface area contributed by atoms with Gasteiger partial charge in [0.25, 0.3) is 0 Å². The highest BCUT2D eigenvalue weighted by Gasteiger charge is 2.41. The van der Waals surface area contributed by atoms with Crippen molar-refractivity contribution < 1.29 is 14.3 Å². The Bertz CT molecular complexity index is 1140. The van der Waals surface area contributed by atoms with Crippen LogP contribution in [0.5, 0.6) is 0 Å². The van der Waals surface area contributed by atoms with Gasteiger partial charge in [-0.1, -0.05) is 30.3 Å². The molecule has 2 aromatic carbocycles. The second kappa shape index (κ2) is 8.61. The van der Waals surface area contributed by atoms with E-state index in [1.807, 2.05) is 76.2 Å². The molecule has 4 rings (SSSR count). The van der Waals surface area contributed by atoms with Gasteiger partial charge in [0.2, 0.25) is 5.91 Å². The number of fused-ring (bicyclic) bond motifs is 1. The number of amides is 2. The molecule has 1 saturated heterocycles. The van der Waals surface area contributed by atoms with Crippen molar-refractivity contribution in [3.05, 3.63) is 72.1 Å². The second-order valence-electron chi connectivity index (χ2n) is 9.41. The summed E-state index contributed by atoms with van der Waals surface area (Å²) >= 11 is 0. The van der Waals surface area contributed by atoms with Gasteiger partial charge in [0, 0.05) is 47.9 Å². The van der Waals surface area contributed by atoms with Crippen LogP contribution in [0.1, 0.15) is 37.8 Å². The lowest BCUT2D eigenvalue weighted by Gasteiger charge is -2.24. The monoisotopic (exact) mass is 431 g/mol. The van der Waals surface area contributed by atoms with Crippen molar-refractivity contribution in [2.75, 3.05) is 18.4 Å². The van der Waals surface area contributed by atoms with E-state index >= 15 is 0 Å². The van der Waals surface area contributed by atoms with Gasteiger partial charge < -0.3 is 15.0 Å². The van der Waals surface area contributed by atoms with Crippen LogP contribution >= 0.6 is 0 Å². The summed E-state index contributed by atoms with van der Waals surface area (Å²) in [4.78, 5) is 32.1. The average Bonchev–Trinajstić information content (AvgIpc) is 3.19. The Kier molecular flexibility index (Phi) is 5.87. The summed E-state index contributed by atoms with van der Waals surface area (Å²) in [7, 11) is 0. The average molecular weight is 432 g/mol. The fourth-order valence-corrected chi connectivity index (χ4v) is 4.27. The molecule has 32 heavy (non-hydrogen) atoms. The number of hydrogen-bond donors (Lipinski definition) is 1. The van der Waals surface area contributed by atoms with Crippen LogP contribution in [0.25, 0.3) is 10.8 Å². The molecule has 166 valence electrons. The lowest BCUT2D eigenvalue weighted by Crippen LogP contribution is -2.36. The first-order valence-electron chi connectivity index (χ1n) is 10.9. The number of nitrogens with one attached hydrogen (secondary N) is 1. The zero-order chi connectivity index (χ0) is 22.9. The van der Waals surface area contributed by atoms with Gasteiger partial charge in [-0.15, -0.1) is 0 Å². The van der Waals surface area contributed by atoms with Crippen LogP contribution < -0.4 is 5.32 Å². The third-order valence-corrected chi connectivity index (χ3v) is 5.69. The molecule has 0 saturated carbocycles. The van der Waals surface area contributed by atoms with Crippen molar-refractivity contribution in [1.29, 1.82) is 0 Å². The first-order chi connectivity index (χ1) is 15.2. The highest BCUT2D eigenvalue weighted by atomic mass is 16.6. The molecule has 0 radical (unpaired) electrons. The molecule has 6 heteroatoms. The number of rotatable bonds is 3. The van der Waals surface area contributed by atoms with Crippen LogP contribution in [0.2, 0.25) is 0 Å². The summed E-state index contributed by atoms with van der Waals surface area (Å²) < 4.78 is 5.57. The minimum Gasteiger partial charge on any atom is -0.444 e. The smallest absolute Gasteiger partial charge is 0.410 e. The van der Waals surface area contributed by atoms with Gasteiger partial charge in [0.1, 0.15) is 5.60 Å².